The van der Waals surface area contributed by atoms with E-state index in [1.807, 2.05) is 0 Å². The van der Waals surface area contributed by atoms with E-state index in [0.29, 0.717) is 5.66 Å². The molecule has 1 nitrogen and oxygen atoms in total. The number of hydrogen-bond donors (Lipinski definition) is 1. The first kappa shape index (κ1) is 33.3. The third-order valence-electron chi connectivity index (χ3n) is 9.46. The van der Waals surface area contributed by atoms with Gasteiger partial charge in [-0.1, -0.05) is 134 Å². The Kier molecular flexibility index (Phi) is 16.6. The summed E-state index contributed by atoms with van der Waals surface area (Å²) in [6, 6.07) is 19.1. The Morgan fingerprint density at radius 1 is 0.550 bits per heavy atom. The van der Waals surface area contributed by atoms with Crippen molar-refractivity contribution in [3.63, 3.8) is 0 Å². The van der Waals surface area contributed by atoms with Crippen LogP contribution in [0.1, 0.15) is 160 Å². The van der Waals surface area contributed by atoms with E-state index in [1.165, 1.54) is 169 Å². The molecule has 0 heterocycles. The summed E-state index contributed by atoms with van der Waals surface area (Å²) < 4.78 is 0. The topological polar surface area (TPSA) is 26.0 Å². The minimum absolute atomic E-state index is 0.637. The third-order valence-corrected chi connectivity index (χ3v) is 13.4. The van der Waals surface area contributed by atoms with Crippen LogP contribution in [0.25, 0.3) is 0 Å². The first-order valence-electron chi connectivity index (χ1n) is 17.5. The molecule has 0 aliphatic heterocycles. The molecule has 0 amide bonds. The molecule has 40 heavy (non-hydrogen) atoms. The molecule has 1 aliphatic carbocycles. The zero-order chi connectivity index (χ0) is 28.3. The van der Waals surface area contributed by atoms with Crippen LogP contribution < -0.4 is 16.1 Å². The van der Waals surface area contributed by atoms with Gasteiger partial charge in [0.25, 0.3) is 0 Å². The van der Waals surface area contributed by atoms with Gasteiger partial charge < -0.3 is 0 Å². The minimum Gasteiger partial charge on any atom is -0.195 e. The first-order chi connectivity index (χ1) is 19.7. The van der Waals surface area contributed by atoms with Crippen LogP contribution in [-0.4, -0.2) is 5.66 Å². The summed E-state index contributed by atoms with van der Waals surface area (Å²) in [5.41, 5.74) is 11.4. The first-order valence-corrected chi connectivity index (χ1v) is 19.5. The Morgan fingerprint density at radius 3 is 1.38 bits per heavy atom. The fourth-order valence-corrected chi connectivity index (χ4v) is 10.6. The van der Waals surface area contributed by atoms with E-state index in [1.54, 1.807) is 0 Å². The number of benzene rings is 2. The monoisotopic (exact) mass is 564 g/mol. The molecule has 3 rings (SSSR count). The smallest absolute Gasteiger partial charge is 0.145 e. The van der Waals surface area contributed by atoms with Crippen LogP contribution in [-0.2, 0) is 12.8 Å². The van der Waals surface area contributed by atoms with Crippen molar-refractivity contribution >= 4 is 18.0 Å². The highest BCUT2D eigenvalue weighted by Gasteiger charge is 2.47. The summed E-state index contributed by atoms with van der Waals surface area (Å²) >= 11 is 0. The van der Waals surface area contributed by atoms with Gasteiger partial charge in [0.05, 0.1) is 5.66 Å². The molecule has 2 N–H and O–H groups in total. The van der Waals surface area contributed by atoms with Crippen molar-refractivity contribution in [2.24, 2.45) is 5.50 Å². The number of aryl methyl sites for hydroxylation is 2. The average Bonchev–Trinajstić information content (AvgIpc) is 3.00. The predicted octanol–water partition coefficient (Wildman–Crippen LogP) is 11.2. The molecule has 0 atom stereocenters. The highest BCUT2D eigenvalue weighted by molar-refractivity contribution is 7.88. The van der Waals surface area contributed by atoms with Gasteiger partial charge >= 0.3 is 0 Å². The van der Waals surface area contributed by atoms with Crippen LogP contribution in [0, 0.1) is 0 Å². The second kappa shape index (κ2) is 19.9. The Labute approximate surface area is 249 Å². The molecule has 0 unspecified atom stereocenters. The molecular weight excluding hydrogens is 501 g/mol. The molecule has 0 bridgehead atoms. The Bertz CT molecular complexity index is 852. The SMILES string of the molecule is CCCCCCCCCCc1cccc([P+](N)(c2cccc(CCCCCCCCCC)c2)C2CCCCC2)c1. The van der Waals surface area contributed by atoms with Gasteiger partial charge in [-0.3, -0.25) is 0 Å². The maximum atomic E-state index is 7.73. The van der Waals surface area contributed by atoms with E-state index in [4.69, 9.17) is 5.50 Å². The van der Waals surface area contributed by atoms with Gasteiger partial charge in [-0.15, -0.1) is 0 Å². The summed E-state index contributed by atoms with van der Waals surface area (Å²) in [4.78, 5) is 0. The average molecular weight is 565 g/mol. The molecule has 0 aromatic heterocycles. The zero-order valence-electron chi connectivity index (χ0n) is 26.5. The largest absolute Gasteiger partial charge is 0.195 e. The molecular formula is C38H63NP+. The maximum absolute atomic E-state index is 7.73. The molecule has 1 fully saturated rings. The van der Waals surface area contributed by atoms with Crippen molar-refractivity contribution in [1.82, 2.24) is 0 Å². The summed E-state index contributed by atoms with van der Waals surface area (Å²) in [5, 5.41) is 2.92. The quantitative estimate of drug-likeness (QED) is 0.118. The zero-order valence-corrected chi connectivity index (χ0v) is 27.4. The van der Waals surface area contributed by atoms with Gasteiger partial charge in [-0.05, 0) is 86.8 Å². The van der Waals surface area contributed by atoms with Crippen LogP contribution >= 0.6 is 7.41 Å². The lowest BCUT2D eigenvalue weighted by molar-refractivity contribution is 0.510. The second-order valence-electron chi connectivity index (χ2n) is 12.9. The molecule has 1 saturated carbocycles. The predicted molar refractivity (Wildman–Crippen MR) is 183 cm³/mol. The van der Waals surface area contributed by atoms with Gasteiger partial charge in [-0.2, -0.15) is 5.50 Å². The number of unbranched alkanes of at least 4 members (excludes halogenated alkanes) is 14. The highest BCUT2D eigenvalue weighted by atomic mass is 31.2. The van der Waals surface area contributed by atoms with Gasteiger partial charge in [-0.25, -0.2) is 0 Å². The van der Waals surface area contributed by atoms with Gasteiger partial charge in [0.1, 0.15) is 18.0 Å². The fourth-order valence-electron chi connectivity index (χ4n) is 6.87. The lowest BCUT2D eigenvalue weighted by atomic mass is 10.0. The second-order valence-corrected chi connectivity index (χ2v) is 16.2. The van der Waals surface area contributed by atoms with Crippen LogP contribution in [0.3, 0.4) is 0 Å². The van der Waals surface area contributed by atoms with Gasteiger partial charge in [0.15, 0.2) is 0 Å². The molecule has 0 radical (unpaired) electrons. The number of rotatable bonds is 21. The summed E-state index contributed by atoms with van der Waals surface area (Å²) in [7, 11) is -1.92. The molecule has 2 heteroatoms. The van der Waals surface area contributed by atoms with Crippen molar-refractivity contribution in [2.75, 3.05) is 0 Å². The summed E-state index contributed by atoms with van der Waals surface area (Å²) in [5.74, 6) is 0. The number of hydrogen-bond acceptors (Lipinski definition) is 1. The lowest BCUT2D eigenvalue weighted by Crippen LogP contribution is -2.38. The van der Waals surface area contributed by atoms with E-state index < -0.39 is 7.41 Å². The van der Waals surface area contributed by atoms with E-state index in [9.17, 15) is 0 Å². The van der Waals surface area contributed by atoms with E-state index >= 15 is 0 Å². The Hall–Kier alpha value is -1.17. The van der Waals surface area contributed by atoms with Crippen LogP contribution in [0.4, 0.5) is 0 Å². The lowest BCUT2D eigenvalue weighted by Gasteiger charge is -2.33. The van der Waals surface area contributed by atoms with Crippen LogP contribution in [0.15, 0.2) is 48.5 Å². The van der Waals surface area contributed by atoms with Crippen molar-refractivity contribution < 1.29 is 0 Å². The maximum Gasteiger partial charge on any atom is 0.145 e. The third kappa shape index (κ3) is 11.2. The molecule has 0 spiro atoms. The van der Waals surface area contributed by atoms with Crippen molar-refractivity contribution in [2.45, 2.75) is 167 Å². The normalized spacial score (nSPS) is 14.6. The number of nitrogens with two attached hydrogens (primary N) is 1. The van der Waals surface area contributed by atoms with E-state index in [0.717, 1.165) is 0 Å². The van der Waals surface area contributed by atoms with Gasteiger partial charge in [0, 0.05) is 0 Å². The summed E-state index contributed by atoms with van der Waals surface area (Å²) in [6.07, 6.45) is 31.2. The molecule has 0 saturated heterocycles. The van der Waals surface area contributed by atoms with Crippen LogP contribution in [0.2, 0.25) is 0 Å². The van der Waals surface area contributed by atoms with Crippen LogP contribution in [0.5, 0.6) is 0 Å². The van der Waals surface area contributed by atoms with Gasteiger partial charge in [0.2, 0.25) is 0 Å². The molecule has 1 aliphatic rings. The molecule has 2 aromatic rings. The minimum atomic E-state index is -1.92. The Balaban J connectivity index is 1.63. The van der Waals surface area contributed by atoms with Crippen molar-refractivity contribution in [3.8, 4) is 0 Å². The van der Waals surface area contributed by atoms with E-state index in [-0.39, 0.29) is 0 Å². The Morgan fingerprint density at radius 2 is 0.950 bits per heavy atom. The molecule has 224 valence electrons. The standard InChI is InChI=1S/C38H63NP/c1-3-5-7-9-11-13-15-18-24-34-26-22-30-37(32-34)40(39,36-28-20-17-21-29-36)38-31-23-27-35(33-38)25-19-16-14-12-10-8-6-4-2/h22-23,26-27,30-33,36H,3-21,24-25,28-29,39H2,1-2H3/q+1. The highest BCUT2D eigenvalue weighted by Crippen LogP contribution is 2.57. The molecule has 2 aromatic carbocycles. The van der Waals surface area contributed by atoms with E-state index in [2.05, 4.69) is 62.4 Å². The fraction of sp³-hybridized carbons (Fsp3) is 0.684. The van der Waals surface area contributed by atoms with Crippen molar-refractivity contribution in [1.29, 1.82) is 0 Å². The van der Waals surface area contributed by atoms with Crippen molar-refractivity contribution in [3.05, 3.63) is 59.7 Å². The summed E-state index contributed by atoms with van der Waals surface area (Å²) in [6.45, 7) is 4.60.